The molecule has 0 atom stereocenters. The van der Waals surface area contributed by atoms with Crippen molar-refractivity contribution in [2.45, 2.75) is 0 Å². The highest BCUT2D eigenvalue weighted by molar-refractivity contribution is 9.10. The molecule has 0 saturated heterocycles. The fourth-order valence-corrected chi connectivity index (χ4v) is 3.19. The molecule has 6 heteroatoms. The van der Waals surface area contributed by atoms with E-state index in [2.05, 4.69) is 15.9 Å². The summed E-state index contributed by atoms with van der Waals surface area (Å²) in [5.41, 5.74) is 6.59. The first-order valence-corrected chi connectivity index (χ1v) is 6.95. The largest absolute Gasteiger partial charge is 0.496 e. The summed E-state index contributed by atoms with van der Waals surface area (Å²) in [6, 6.07) is 6.79. The van der Waals surface area contributed by atoms with Crippen molar-refractivity contribution in [2.24, 2.45) is 0 Å². The van der Waals surface area contributed by atoms with Crippen LogP contribution in [0.25, 0.3) is 0 Å². The molecule has 0 unspecified atom stereocenters. The zero-order valence-corrected chi connectivity index (χ0v) is 12.5. The number of halogens is 2. The number of nitrogens with two attached hydrogens (primary N) is 1. The maximum atomic E-state index is 12.4. The van der Waals surface area contributed by atoms with E-state index in [4.69, 9.17) is 22.1 Å². The van der Waals surface area contributed by atoms with Gasteiger partial charge in [-0.1, -0.05) is 17.7 Å². The number of methoxy groups -OCH3 is 1. The second-order valence-electron chi connectivity index (χ2n) is 3.49. The van der Waals surface area contributed by atoms with Gasteiger partial charge in [-0.05, 0) is 34.1 Å². The third-order valence-electron chi connectivity index (χ3n) is 2.37. The zero-order valence-electron chi connectivity index (χ0n) is 9.37. The number of thiophene rings is 1. The van der Waals surface area contributed by atoms with Crippen LogP contribution in [-0.2, 0) is 0 Å². The van der Waals surface area contributed by atoms with Crippen molar-refractivity contribution in [3.05, 3.63) is 43.5 Å². The maximum Gasteiger partial charge on any atom is 0.208 e. The number of anilines is 1. The van der Waals surface area contributed by atoms with Crippen LogP contribution >= 0.6 is 38.9 Å². The van der Waals surface area contributed by atoms with Crippen LogP contribution in [0, 0.1) is 0 Å². The van der Waals surface area contributed by atoms with Crippen molar-refractivity contribution in [3.63, 3.8) is 0 Å². The molecular weight excluding hydrogens is 338 g/mol. The summed E-state index contributed by atoms with van der Waals surface area (Å²) >= 11 is 10.4. The second-order valence-corrected chi connectivity index (χ2v) is 5.99. The summed E-state index contributed by atoms with van der Waals surface area (Å²) in [5, 5.41) is 0. The number of nitrogen functional groups attached to an aromatic ring is 1. The Morgan fingerprint density at radius 1 is 1.50 bits per heavy atom. The van der Waals surface area contributed by atoms with Gasteiger partial charge in [-0.15, -0.1) is 11.3 Å². The van der Waals surface area contributed by atoms with Gasteiger partial charge in [0.05, 0.1) is 17.6 Å². The summed E-state index contributed by atoms with van der Waals surface area (Å²) < 4.78 is 6.40. The number of benzene rings is 1. The normalized spacial score (nSPS) is 10.4. The quantitative estimate of drug-likeness (QED) is 0.675. The SMILES string of the molecule is COc1cccc(N)c1C(=O)c1cc(Br)c(Cl)s1. The molecule has 1 heterocycles. The molecule has 0 amide bonds. The Hall–Kier alpha value is -1.04. The summed E-state index contributed by atoms with van der Waals surface area (Å²) in [5.74, 6) is 0.267. The third kappa shape index (κ3) is 2.39. The Morgan fingerprint density at radius 2 is 2.22 bits per heavy atom. The number of rotatable bonds is 3. The summed E-state index contributed by atoms with van der Waals surface area (Å²) in [7, 11) is 1.50. The minimum Gasteiger partial charge on any atom is -0.496 e. The highest BCUT2D eigenvalue weighted by Gasteiger charge is 2.20. The van der Waals surface area contributed by atoms with Crippen LogP contribution in [0.4, 0.5) is 5.69 Å². The average molecular weight is 347 g/mol. The third-order valence-corrected chi connectivity index (χ3v) is 4.85. The van der Waals surface area contributed by atoms with E-state index < -0.39 is 0 Å². The molecule has 1 aromatic heterocycles. The molecule has 94 valence electrons. The molecule has 0 aliphatic carbocycles. The van der Waals surface area contributed by atoms with Gasteiger partial charge in [0.25, 0.3) is 0 Å². The Labute approximate surface area is 122 Å². The van der Waals surface area contributed by atoms with Crippen LogP contribution in [0.1, 0.15) is 15.2 Å². The highest BCUT2D eigenvalue weighted by Crippen LogP contribution is 2.35. The summed E-state index contributed by atoms with van der Waals surface area (Å²) in [6.45, 7) is 0. The van der Waals surface area contributed by atoms with E-state index in [0.717, 1.165) is 0 Å². The monoisotopic (exact) mass is 345 g/mol. The standard InChI is InChI=1S/C12H9BrClNO2S/c1-17-8-4-2-3-7(15)10(8)11(16)9-5-6(13)12(14)18-9/h2-5H,15H2,1H3. The van der Waals surface area contributed by atoms with E-state index in [-0.39, 0.29) is 5.78 Å². The minimum atomic E-state index is -0.192. The first-order chi connectivity index (χ1) is 8.54. The van der Waals surface area contributed by atoms with Crippen LogP contribution < -0.4 is 10.5 Å². The van der Waals surface area contributed by atoms with E-state index >= 15 is 0 Å². The topological polar surface area (TPSA) is 52.3 Å². The molecule has 0 bridgehead atoms. The number of carbonyl (C=O) groups is 1. The van der Waals surface area contributed by atoms with Gasteiger partial charge >= 0.3 is 0 Å². The van der Waals surface area contributed by atoms with E-state index in [1.807, 2.05) is 0 Å². The van der Waals surface area contributed by atoms with E-state index in [0.29, 0.717) is 30.7 Å². The van der Waals surface area contributed by atoms with Gasteiger partial charge in [-0.25, -0.2) is 0 Å². The van der Waals surface area contributed by atoms with Gasteiger partial charge in [-0.3, -0.25) is 4.79 Å². The Balaban J connectivity index is 2.52. The lowest BCUT2D eigenvalue weighted by atomic mass is 10.1. The molecule has 18 heavy (non-hydrogen) atoms. The van der Waals surface area contributed by atoms with Crippen molar-refractivity contribution in [3.8, 4) is 5.75 Å². The fraction of sp³-hybridized carbons (Fsp3) is 0.0833. The van der Waals surface area contributed by atoms with E-state index in [9.17, 15) is 4.79 Å². The highest BCUT2D eigenvalue weighted by atomic mass is 79.9. The molecule has 3 nitrogen and oxygen atoms in total. The van der Waals surface area contributed by atoms with Crippen molar-refractivity contribution in [1.29, 1.82) is 0 Å². The average Bonchev–Trinajstić information content (AvgIpc) is 2.68. The van der Waals surface area contributed by atoms with Crippen molar-refractivity contribution < 1.29 is 9.53 Å². The minimum absolute atomic E-state index is 0.192. The number of ketones is 1. The first-order valence-electron chi connectivity index (χ1n) is 4.96. The van der Waals surface area contributed by atoms with E-state index in [1.165, 1.54) is 18.4 Å². The second kappa shape index (κ2) is 5.30. The molecule has 2 rings (SSSR count). The van der Waals surface area contributed by atoms with Gasteiger partial charge < -0.3 is 10.5 Å². The summed E-state index contributed by atoms with van der Waals surface area (Å²) in [4.78, 5) is 12.9. The van der Waals surface area contributed by atoms with Gasteiger partial charge in [0, 0.05) is 10.2 Å². The number of hydrogen-bond acceptors (Lipinski definition) is 4. The molecule has 2 N–H and O–H groups in total. The van der Waals surface area contributed by atoms with Crippen LogP contribution in [0.3, 0.4) is 0 Å². The predicted octanol–water partition coefficient (Wildman–Crippen LogP) is 3.99. The molecule has 0 fully saturated rings. The van der Waals surface area contributed by atoms with E-state index in [1.54, 1.807) is 24.3 Å². The van der Waals surface area contributed by atoms with Crippen LogP contribution in [0.15, 0.2) is 28.7 Å². The Morgan fingerprint density at radius 3 is 2.78 bits per heavy atom. The molecule has 2 aromatic rings. The lowest BCUT2D eigenvalue weighted by molar-refractivity contribution is 0.104. The fourth-order valence-electron chi connectivity index (χ4n) is 1.54. The maximum absolute atomic E-state index is 12.4. The zero-order chi connectivity index (χ0) is 13.3. The van der Waals surface area contributed by atoms with Gasteiger partial charge in [0.1, 0.15) is 10.1 Å². The predicted molar refractivity (Wildman–Crippen MR) is 77.9 cm³/mol. The lowest BCUT2D eigenvalue weighted by Gasteiger charge is -2.08. The number of carbonyl (C=O) groups excluding carboxylic acids is 1. The van der Waals surface area contributed by atoms with Crippen molar-refractivity contribution in [1.82, 2.24) is 0 Å². The molecule has 1 aromatic carbocycles. The summed E-state index contributed by atoms with van der Waals surface area (Å²) in [6.07, 6.45) is 0. The number of hydrogen-bond donors (Lipinski definition) is 1. The van der Waals surface area contributed by atoms with Gasteiger partial charge in [-0.2, -0.15) is 0 Å². The molecule has 0 radical (unpaired) electrons. The van der Waals surface area contributed by atoms with Gasteiger partial charge in [0.2, 0.25) is 5.78 Å². The molecule has 0 aliphatic heterocycles. The first kappa shape index (κ1) is 13.4. The van der Waals surface area contributed by atoms with Gasteiger partial charge in [0.15, 0.2) is 0 Å². The number of ether oxygens (including phenoxy) is 1. The lowest BCUT2D eigenvalue weighted by Crippen LogP contribution is -2.06. The molecular formula is C12H9BrClNO2S. The van der Waals surface area contributed by atoms with Crippen molar-refractivity contribution >= 4 is 50.3 Å². The van der Waals surface area contributed by atoms with Crippen LogP contribution in [-0.4, -0.2) is 12.9 Å². The van der Waals surface area contributed by atoms with Crippen LogP contribution in [0.5, 0.6) is 5.75 Å². The van der Waals surface area contributed by atoms with Crippen LogP contribution in [0.2, 0.25) is 4.34 Å². The Kier molecular flexibility index (Phi) is 3.94. The Bertz CT molecular complexity index is 593. The smallest absolute Gasteiger partial charge is 0.208 e. The molecule has 0 saturated carbocycles. The van der Waals surface area contributed by atoms with Crippen molar-refractivity contribution in [2.75, 3.05) is 12.8 Å². The molecule has 0 aliphatic rings. The molecule has 0 spiro atoms.